The van der Waals surface area contributed by atoms with Gasteiger partial charge in [-0.15, -0.1) is 6.58 Å². The van der Waals surface area contributed by atoms with Crippen molar-refractivity contribution in [1.82, 2.24) is 0 Å². The monoisotopic (exact) mass is 354 g/mol. The first-order valence-electron chi connectivity index (χ1n) is 6.76. The average molecular weight is 355 g/mol. The molecule has 0 amide bonds. The molecule has 0 saturated carbocycles. The van der Waals surface area contributed by atoms with Crippen LogP contribution in [-0.4, -0.2) is 29.1 Å². The van der Waals surface area contributed by atoms with Crippen molar-refractivity contribution in [3.05, 3.63) is 48.6 Å². The van der Waals surface area contributed by atoms with Crippen molar-refractivity contribution in [3.8, 4) is 0 Å². The van der Waals surface area contributed by atoms with Crippen molar-refractivity contribution in [1.29, 1.82) is 0 Å². The van der Waals surface area contributed by atoms with E-state index in [0.717, 1.165) is 5.56 Å². The minimum Gasteiger partial charge on any atom is -0.456 e. The van der Waals surface area contributed by atoms with Crippen molar-refractivity contribution < 1.29 is 19.0 Å². The van der Waals surface area contributed by atoms with Gasteiger partial charge in [-0.05, 0) is 13.8 Å². The van der Waals surface area contributed by atoms with Gasteiger partial charge in [0.2, 0.25) is 0 Å². The Bertz CT molecular complexity index is 495. The van der Waals surface area contributed by atoms with E-state index >= 15 is 0 Å². The molecule has 0 unspecified atom stereocenters. The molecule has 4 nitrogen and oxygen atoms in total. The zero-order chi connectivity index (χ0) is 15.5. The molecule has 1 fully saturated rings. The number of ether oxygens (including phenoxy) is 3. The second kappa shape index (κ2) is 6.73. The normalized spacial score (nSPS) is 26.1. The number of esters is 1. The third-order valence-corrected chi connectivity index (χ3v) is 3.43. The van der Waals surface area contributed by atoms with Gasteiger partial charge in [0, 0.05) is 5.56 Å². The predicted octanol–water partition coefficient (Wildman–Crippen LogP) is 3.37. The molecule has 1 aromatic rings. The molecule has 0 N–H and O–H groups in total. The molecule has 0 spiro atoms. The number of hydrogen-bond donors (Lipinski definition) is 0. The van der Waals surface area contributed by atoms with Gasteiger partial charge in [0.1, 0.15) is 10.4 Å². The van der Waals surface area contributed by atoms with Gasteiger partial charge in [0.15, 0.2) is 12.4 Å². The lowest BCUT2D eigenvalue weighted by Gasteiger charge is -2.35. The number of benzene rings is 1. The summed E-state index contributed by atoms with van der Waals surface area (Å²) in [7, 11) is 0. The van der Waals surface area contributed by atoms with Crippen LogP contribution in [0, 0.1) is 0 Å². The number of hydrogen-bond acceptors (Lipinski definition) is 4. The minimum absolute atomic E-state index is 0.269. The Morgan fingerprint density at radius 1 is 1.43 bits per heavy atom. The first-order chi connectivity index (χ1) is 9.91. The smallest absolute Gasteiger partial charge is 0.322 e. The van der Waals surface area contributed by atoms with E-state index in [4.69, 9.17) is 14.2 Å². The molecule has 114 valence electrons. The molecule has 0 radical (unpaired) electrons. The summed E-state index contributed by atoms with van der Waals surface area (Å²) in [6.07, 6.45) is 0.271. The molecular formula is C16H19BrO4. The zero-order valence-corrected chi connectivity index (χ0v) is 13.7. The summed E-state index contributed by atoms with van der Waals surface area (Å²) in [5.74, 6) is -0.357. The van der Waals surface area contributed by atoms with Gasteiger partial charge >= 0.3 is 5.97 Å². The number of halogens is 1. The first kappa shape index (κ1) is 16.2. The van der Waals surface area contributed by atoms with E-state index in [1.165, 1.54) is 0 Å². The molecule has 0 bridgehead atoms. The van der Waals surface area contributed by atoms with E-state index in [0.29, 0.717) is 0 Å². The highest BCUT2D eigenvalue weighted by Gasteiger charge is 2.36. The van der Waals surface area contributed by atoms with Crippen LogP contribution in [0.2, 0.25) is 0 Å². The van der Waals surface area contributed by atoms with Gasteiger partial charge in [0.05, 0.1) is 6.61 Å². The number of rotatable bonds is 4. The Balaban J connectivity index is 2.02. The standard InChI is InChI=1S/C16H19BrO4/c1-4-12-13(21-15(18)16(2,3)17)10-19-14(20-12)11-8-6-5-7-9-11/h4-9,12-14H,1,10H2,2-3H3/t12-,13-,14+/m1/s1. The molecule has 0 aromatic heterocycles. The van der Waals surface area contributed by atoms with E-state index in [1.54, 1.807) is 19.9 Å². The van der Waals surface area contributed by atoms with Crippen molar-refractivity contribution in [2.24, 2.45) is 0 Å². The van der Waals surface area contributed by atoms with Crippen LogP contribution < -0.4 is 0 Å². The van der Waals surface area contributed by atoms with Gasteiger partial charge in [-0.2, -0.15) is 0 Å². The van der Waals surface area contributed by atoms with E-state index in [9.17, 15) is 4.79 Å². The lowest BCUT2D eigenvalue weighted by atomic mass is 10.1. The lowest BCUT2D eigenvalue weighted by molar-refractivity contribution is -0.250. The predicted molar refractivity (Wildman–Crippen MR) is 83.1 cm³/mol. The van der Waals surface area contributed by atoms with Crippen LogP contribution >= 0.6 is 15.9 Å². The third-order valence-electron chi connectivity index (χ3n) is 3.11. The maximum Gasteiger partial charge on any atom is 0.322 e. The molecule has 5 heteroatoms. The van der Waals surface area contributed by atoms with Gasteiger partial charge < -0.3 is 14.2 Å². The van der Waals surface area contributed by atoms with E-state index in [-0.39, 0.29) is 12.6 Å². The van der Waals surface area contributed by atoms with E-state index < -0.39 is 22.8 Å². The Morgan fingerprint density at radius 2 is 2.10 bits per heavy atom. The number of alkyl halides is 1. The van der Waals surface area contributed by atoms with Crippen LogP contribution in [0.15, 0.2) is 43.0 Å². The lowest BCUT2D eigenvalue weighted by Crippen LogP contribution is -2.44. The highest BCUT2D eigenvalue weighted by molar-refractivity contribution is 9.10. The molecule has 2 rings (SSSR count). The van der Waals surface area contributed by atoms with Crippen LogP contribution in [-0.2, 0) is 19.0 Å². The molecule has 1 aliphatic heterocycles. The second-order valence-electron chi connectivity index (χ2n) is 5.33. The maximum absolute atomic E-state index is 11.9. The summed E-state index contributed by atoms with van der Waals surface area (Å²) in [5.41, 5.74) is 0.926. The van der Waals surface area contributed by atoms with Crippen molar-refractivity contribution >= 4 is 21.9 Å². The highest BCUT2D eigenvalue weighted by atomic mass is 79.9. The minimum atomic E-state index is -0.741. The molecular weight excluding hydrogens is 336 g/mol. The molecule has 1 saturated heterocycles. The van der Waals surface area contributed by atoms with E-state index in [1.807, 2.05) is 30.3 Å². The van der Waals surface area contributed by atoms with Crippen LogP contribution in [0.5, 0.6) is 0 Å². The van der Waals surface area contributed by atoms with Gasteiger partial charge in [-0.1, -0.05) is 52.3 Å². The highest BCUT2D eigenvalue weighted by Crippen LogP contribution is 2.29. The van der Waals surface area contributed by atoms with Crippen molar-refractivity contribution in [2.75, 3.05) is 6.61 Å². The SMILES string of the molecule is C=C[C@H]1O[C@@H](c2ccccc2)OC[C@H]1OC(=O)C(C)(C)Br. The Labute approximate surface area is 133 Å². The summed E-state index contributed by atoms with van der Waals surface area (Å²) in [5, 5.41) is 0. The molecule has 1 heterocycles. The molecule has 1 aromatic carbocycles. The fraction of sp³-hybridized carbons (Fsp3) is 0.438. The Hall–Kier alpha value is -1.17. The molecule has 3 atom stereocenters. The summed E-state index contributed by atoms with van der Waals surface area (Å²) < 4.78 is 16.2. The number of carbonyl (C=O) groups excluding carboxylic acids is 1. The summed E-state index contributed by atoms with van der Waals surface area (Å²) >= 11 is 3.28. The molecule has 21 heavy (non-hydrogen) atoms. The molecule has 0 aliphatic carbocycles. The third kappa shape index (κ3) is 4.15. The second-order valence-corrected chi connectivity index (χ2v) is 7.31. The van der Waals surface area contributed by atoms with Crippen LogP contribution in [0.4, 0.5) is 0 Å². The Morgan fingerprint density at radius 3 is 2.67 bits per heavy atom. The maximum atomic E-state index is 11.9. The van der Waals surface area contributed by atoms with Gasteiger partial charge in [0.25, 0.3) is 0 Å². The largest absolute Gasteiger partial charge is 0.456 e. The quantitative estimate of drug-likeness (QED) is 0.472. The summed E-state index contributed by atoms with van der Waals surface area (Å²) in [4.78, 5) is 11.9. The fourth-order valence-corrected chi connectivity index (χ4v) is 2.01. The van der Waals surface area contributed by atoms with Crippen molar-refractivity contribution in [3.63, 3.8) is 0 Å². The number of carbonyl (C=O) groups is 1. The summed E-state index contributed by atoms with van der Waals surface area (Å²) in [6, 6.07) is 9.63. The van der Waals surface area contributed by atoms with E-state index in [2.05, 4.69) is 22.5 Å². The van der Waals surface area contributed by atoms with Crippen LogP contribution in [0.3, 0.4) is 0 Å². The Kier molecular flexibility index (Phi) is 5.19. The molecule has 1 aliphatic rings. The summed E-state index contributed by atoms with van der Waals surface area (Å²) in [6.45, 7) is 7.48. The van der Waals surface area contributed by atoms with Gasteiger partial charge in [-0.3, -0.25) is 4.79 Å². The first-order valence-corrected chi connectivity index (χ1v) is 7.55. The van der Waals surface area contributed by atoms with Crippen LogP contribution in [0.25, 0.3) is 0 Å². The van der Waals surface area contributed by atoms with Gasteiger partial charge in [-0.25, -0.2) is 0 Å². The zero-order valence-electron chi connectivity index (χ0n) is 12.1. The van der Waals surface area contributed by atoms with Crippen molar-refractivity contribution in [2.45, 2.75) is 36.7 Å². The fourth-order valence-electron chi connectivity index (χ4n) is 1.92. The van der Waals surface area contributed by atoms with Crippen LogP contribution in [0.1, 0.15) is 25.7 Å². The topological polar surface area (TPSA) is 44.8 Å². The average Bonchev–Trinajstić information content (AvgIpc) is 2.47.